The molecule has 4 nitrogen and oxygen atoms in total. The monoisotopic (exact) mass is 299 g/mol. The van der Waals surface area contributed by atoms with Gasteiger partial charge in [-0.25, -0.2) is 0 Å². The van der Waals surface area contributed by atoms with Crippen LogP contribution in [-0.4, -0.2) is 11.0 Å². The van der Waals surface area contributed by atoms with Crippen molar-refractivity contribution < 1.29 is 4.52 Å². The highest BCUT2D eigenvalue weighted by Crippen LogP contribution is 2.25. The molecular weight excluding hydrogens is 286 g/mol. The van der Waals surface area contributed by atoms with Gasteiger partial charge in [0.1, 0.15) is 11.5 Å². The molecule has 0 saturated carbocycles. The quantitative estimate of drug-likeness (QED) is 0.571. The Balaban J connectivity index is 0.00000161. The Morgan fingerprint density at radius 1 is 0.952 bits per heavy atom. The number of amidine groups is 1. The number of hydrogen-bond acceptors (Lipinski definition) is 3. The lowest BCUT2D eigenvalue weighted by Crippen LogP contribution is -2.10. The Hall–Kier alpha value is -2.59. The van der Waals surface area contributed by atoms with Gasteiger partial charge in [-0.3, -0.25) is 5.41 Å². The number of benzene rings is 2. The average Bonchev–Trinajstić information content (AvgIpc) is 2.98. The Bertz CT molecular complexity index is 736. The summed E-state index contributed by atoms with van der Waals surface area (Å²) in [5.74, 6) is 0.790. The molecule has 0 amide bonds. The summed E-state index contributed by atoms with van der Waals surface area (Å²) in [5.41, 5.74) is 8.81. The fourth-order valence-corrected chi connectivity index (χ4v) is 1.97. The van der Waals surface area contributed by atoms with E-state index in [9.17, 15) is 0 Å². The first kappa shape index (κ1) is 14.8. The first-order chi connectivity index (χ1) is 9.74. The second-order valence-electron chi connectivity index (χ2n) is 4.43. The van der Waals surface area contributed by atoms with E-state index in [0.29, 0.717) is 5.56 Å². The highest BCUT2D eigenvalue weighted by molar-refractivity contribution is 5.95. The van der Waals surface area contributed by atoms with E-state index in [2.05, 4.69) is 5.16 Å². The standard InChI is InChI=1S/C16H13N3O.ClH/c17-16(18)13-8-6-11(7-9-13)14-10-15(20-19-14)12-4-2-1-3-5-12;/h1-10H,(H3,17,18);1H. The van der Waals surface area contributed by atoms with Gasteiger partial charge < -0.3 is 10.3 Å². The summed E-state index contributed by atoms with van der Waals surface area (Å²) in [6.07, 6.45) is 0. The third kappa shape index (κ3) is 3.12. The second-order valence-corrected chi connectivity index (χ2v) is 4.43. The predicted octanol–water partition coefficient (Wildman–Crippen LogP) is 3.71. The minimum Gasteiger partial charge on any atom is -0.384 e. The molecule has 5 heteroatoms. The van der Waals surface area contributed by atoms with Crippen molar-refractivity contribution >= 4 is 18.2 Å². The van der Waals surface area contributed by atoms with Crippen LogP contribution in [0.2, 0.25) is 0 Å². The first-order valence-electron chi connectivity index (χ1n) is 6.21. The minimum atomic E-state index is 0. The summed E-state index contributed by atoms with van der Waals surface area (Å²) >= 11 is 0. The van der Waals surface area contributed by atoms with Gasteiger partial charge in [0.15, 0.2) is 5.76 Å². The van der Waals surface area contributed by atoms with E-state index in [1.165, 1.54) is 0 Å². The van der Waals surface area contributed by atoms with Crippen LogP contribution in [-0.2, 0) is 0 Å². The van der Waals surface area contributed by atoms with E-state index in [0.717, 1.165) is 22.6 Å². The molecule has 0 spiro atoms. The van der Waals surface area contributed by atoms with Crippen LogP contribution < -0.4 is 5.73 Å². The maximum absolute atomic E-state index is 7.37. The van der Waals surface area contributed by atoms with Gasteiger partial charge in [0.05, 0.1) is 0 Å². The fraction of sp³-hybridized carbons (Fsp3) is 0. The van der Waals surface area contributed by atoms with Crippen LogP contribution in [0, 0.1) is 5.41 Å². The molecule has 3 rings (SSSR count). The van der Waals surface area contributed by atoms with Gasteiger partial charge in [0, 0.05) is 22.8 Å². The Kier molecular flexibility index (Phi) is 4.40. The number of nitrogen functional groups attached to an aromatic ring is 1. The number of hydrogen-bond donors (Lipinski definition) is 2. The van der Waals surface area contributed by atoms with Gasteiger partial charge in [-0.15, -0.1) is 12.4 Å². The van der Waals surface area contributed by atoms with Crippen molar-refractivity contribution in [2.24, 2.45) is 5.73 Å². The topological polar surface area (TPSA) is 75.9 Å². The maximum atomic E-state index is 7.37. The van der Waals surface area contributed by atoms with Crippen LogP contribution in [0.4, 0.5) is 0 Å². The highest BCUT2D eigenvalue weighted by Gasteiger charge is 2.08. The molecule has 21 heavy (non-hydrogen) atoms. The lowest BCUT2D eigenvalue weighted by molar-refractivity contribution is 0.435. The molecule has 3 aromatic rings. The van der Waals surface area contributed by atoms with Crippen LogP contribution in [0.5, 0.6) is 0 Å². The zero-order valence-electron chi connectivity index (χ0n) is 11.1. The van der Waals surface area contributed by atoms with Gasteiger partial charge >= 0.3 is 0 Å². The van der Waals surface area contributed by atoms with Crippen LogP contribution in [0.25, 0.3) is 22.6 Å². The molecule has 0 radical (unpaired) electrons. The molecule has 0 atom stereocenters. The molecule has 0 aliphatic carbocycles. The lowest BCUT2D eigenvalue weighted by Gasteiger charge is -1.99. The molecule has 0 aliphatic heterocycles. The van der Waals surface area contributed by atoms with E-state index < -0.39 is 0 Å². The number of halogens is 1. The van der Waals surface area contributed by atoms with Gasteiger partial charge in [0.25, 0.3) is 0 Å². The van der Waals surface area contributed by atoms with Gasteiger partial charge in [0.2, 0.25) is 0 Å². The van der Waals surface area contributed by atoms with Crippen LogP contribution >= 0.6 is 12.4 Å². The normalized spacial score (nSPS) is 9.90. The molecule has 0 aliphatic rings. The third-order valence-electron chi connectivity index (χ3n) is 3.06. The van der Waals surface area contributed by atoms with Crippen molar-refractivity contribution in [3.05, 3.63) is 66.2 Å². The van der Waals surface area contributed by atoms with Crippen molar-refractivity contribution in [1.82, 2.24) is 5.16 Å². The number of nitrogens with one attached hydrogen (secondary N) is 1. The van der Waals surface area contributed by atoms with Crippen molar-refractivity contribution in [2.75, 3.05) is 0 Å². The molecule has 2 aromatic carbocycles. The molecule has 1 aromatic heterocycles. The summed E-state index contributed by atoms with van der Waals surface area (Å²) in [5, 5.41) is 11.4. The fourth-order valence-electron chi connectivity index (χ4n) is 1.97. The van der Waals surface area contributed by atoms with Crippen molar-refractivity contribution in [2.45, 2.75) is 0 Å². The number of nitrogens with two attached hydrogens (primary N) is 1. The smallest absolute Gasteiger partial charge is 0.167 e. The van der Waals surface area contributed by atoms with Crippen LogP contribution in [0.1, 0.15) is 5.56 Å². The molecule has 3 N–H and O–H groups in total. The number of nitrogens with zero attached hydrogens (tertiary/aromatic N) is 1. The first-order valence-corrected chi connectivity index (χ1v) is 6.21. The summed E-state index contributed by atoms with van der Waals surface area (Å²) < 4.78 is 5.37. The summed E-state index contributed by atoms with van der Waals surface area (Å²) in [6, 6.07) is 19.1. The molecule has 106 valence electrons. The highest BCUT2D eigenvalue weighted by atomic mass is 35.5. The van der Waals surface area contributed by atoms with Crippen molar-refractivity contribution in [1.29, 1.82) is 5.41 Å². The molecule has 0 bridgehead atoms. The molecule has 0 fully saturated rings. The van der Waals surface area contributed by atoms with Gasteiger partial charge in [-0.2, -0.15) is 0 Å². The van der Waals surface area contributed by atoms with Gasteiger partial charge in [-0.1, -0.05) is 59.8 Å². The summed E-state index contributed by atoms with van der Waals surface area (Å²) in [6.45, 7) is 0. The van der Waals surface area contributed by atoms with E-state index in [1.807, 2.05) is 48.5 Å². The van der Waals surface area contributed by atoms with Crippen LogP contribution in [0.3, 0.4) is 0 Å². The Labute approximate surface area is 128 Å². The third-order valence-corrected chi connectivity index (χ3v) is 3.06. The lowest BCUT2D eigenvalue weighted by atomic mass is 10.1. The Morgan fingerprint density at radius 3 is 2.24 bits per heavy atom. The molecule has 1 heterocycles. The SMILES string of the molecule is Cl.N=C(N)c1ccc(-c2cc(-c3ccccc3)on2)cc1. The minimum absolute atomic E-state index is 0. The summed E-state index contributed by atoms with van der Waals surface area (Å²) in [7, 11) is 0. The number of aromatic nitrogens is 1. The van der Waals surface area contributed by atoms with Gasteiger partial charge in [-0.05, 0) is 0 Å². The van der Waals surface area contributed by atoms with Crippen LogP contribution in [0.15, 0.2) is 65.2 Å². The number of rotatable bonds is 3. The zero-order chi connectivity index (χ0) is 13.9. The van der Waals surface area contributed by atoms with Crippen molar-refractivity contribution in [3.63, 3.8) is 0 Å². The van der Waals surface area contributed by atoms with E-state index in [1.54, 1.807) is 12.1 Å². The second kappa shape index (κ2) is 6.24. The molecule has 0 saturated heterocycles. The Morgan fingerprint density at radius 2 is 1.62 bits per heavy atom. The van der Waals surface area contributed by atoms with E-state index in [4.69, 9.17) is 15.7 Å². The maximum Gasteiger partial charge on any atom is 0.167 e. The largest absolute Gasteiger partial charge is 0.384 e. The van der Waals surface area contributed by atoms with E-state index in [-0.39, 0.29) is 18.2 Å². The zero-order valence-corrected chi connectivity index (χ0v) is 11.9. The molecule has 0 unspecified atom stereocenters. The van der Waals surface area contributed by atoms with E-state index >= 15 is 0 Å². The molecular formula is C16H14ClN3O. The average molecular weight is 300 g/mol. The summed E-state index contributed by atoms with van der Waals surface area (Å²) in [4.78, 5) is 0. The van der Waals surface area contributed by atoms with Crippen molar-refractivity contribution in [3.8, 4) is 22.6 Å². The predicted molar refractivity (Wildman–Crippen MR) is 85.6 cm³/mol.